The van der Waals surface area contributed by atoms with Crippen molar-refractivity contribution < 1.29 is 14.4 Å². The number of aliphatic hydroxyl groups is 1. The van der Waals surface area contributed by atoms with Gasteiger partial charge in [0.1, 0.15) is 0 Å². The highest BCUT2D eigenvalue weighted by atomic mass is 19.1. The summed E-state index contributed by atoms with van der Waals surface area (Å²) in [5.41, 5.74) is 0.313. The van der Waals surface area contributed by atoms with Gasteiger partial charge in [0.25, 0.3) is 0 Å². The second-order valence-electron chi connectivity index (χ2n) is 2.65. The Morgan fingerprint density at radius 3 is 2.69 bits per heavy atom. The van der Waals surface area contributed by atoms with E-state index in [2.05, 4.69) is 0 Å². The van der Waals surface area contributed by atoms with Gasteiger partial charge < -0.3 is 5.11 Å². The van der Waals surface area contributed by atoms with Gasteiger partial charge in [-0.05, 0) is 24.1 Å². The number of aliphatic hydroxyl groups excluding tert-OH is 1. The standard InChI is InChI=1S/C8H8FNO3/c1-5-2-8(10(12)13)7(9)3-6(5)4-11/h2-3,11H,4H2,1H3. The first-order valence-corrected chi connectivity index (χ1v) is 3.60. The van der Waals surface area contributed by atoms with E-state index in [0.717, 1.165) is 12.1 Å². The van der Waals surface area contributed by atoms with Gasteiger partial charge in [-0.3, -0.25) is 10.1 Å². The van der Waals surface area contributed by atoms with Crippen LogP contribution in [0.3, 0.4) is 0 Å². The molecule has 0 spiro atoms. The van der Waals surface area contributed by atoms with Crippen molar-refractivity contribution in [3.63, 3.8) is 0 Å². The molecule has 0 radical (unpaired) electrons. The molecule has 0 amide bonds. The summed E-state index contributed by atoms with van der Waals surface area (Å²) in [5, 5.41) is 19.0. The van der Waals surface area contributed by atoms with Crippen molar-refractivity contribution >= 4 is 5.69 Å². The van der Waals surface area contributed by atoms with Gasteiger partial charge in [0.15, 0.2) is 0 Å². The normalized spacial score (nSPS) is 10.1. The van der Waals surface area contributed by atoms with Crippen LogP contribution in [0.25, 0.3) is 0 Å². The van der Waals surface area contributed by atoms with Gasteiger partial charge in [0, 0.05) is 6.07 Å². The Hall–Kier alpha value is -1.49. The summed E-state index contributed by atoms with van der Waals surface area (Å²) >= 11 is 0. The quantitative estimate of drug-likeness (QED) is 0.561. The predicted octanol–water partition coefficient (Wildman–Crippen LogP) is 1.53. The Bertz CT molecular complexity index is 351. The van der Waals surface area contributed by atoms with E-state index in [1.54, 1.807) is 6.92 Å². The molecule has 5 heteroatoms. The van der Waals surface area contributed by atoms with E-state index in [-0.39, 0.29) is 6.61 Å². The van der Waals surface area contributed by atoms with Crippen molar-refractivity contribution in [2.75, 3.05) is 0 Å². The molecule has 0 saturated carbocycles. The first kappa shape index (κ1) is 9.60. The largest absolute Gasteiger partial charge is 0.392 e. The van der Waals surface area contributed by atoms with Crippen molar-refractivity contribution in [1.29, 1.82) is 0 Å². The van der Waals surface area contributed by atoms with Gasteiger partial charge in [-0.1, -0.05) is 0 Å². The monoisotopic (exact) mass is 185 g/mol. The molecule has 0 unspecified atom stereocenters. The number of halogens is 1. The van der Waals surface area contributed by atoms with E-state index < -0.39 is 16.4 Å². The Morgan fingerprint density at radius 1 is 1.62 bits per heavy atom. The van der Waals surface area contributed by atoms with E-state index in [9.17, 15) is 14.5 Å². The van der Waals surface area contributed by atoms with E-state index in [0.29, 0.717) is 11.1 Å². The fourth-order valence-corrected chi connectivity index (χ4v) is 1.02. The molecule has 0 aliphatic rings. The fourth-order valence-electron chi connectivity index (χ4n) is 1.02. The van der Waals surface area contributed by atoms with Gasteiger partial charge in [-0.2, -0.15) is 4.39 Å². The van der Waals surface area contributed by atoms with Crippen molar-refractivity contribution in [3.8, 4) is 0 Å². The zero-order valence-electron chi connectivity index (χ0n) is 6.95. The number of nitro benzene ring substituents is 1. The average molecular weight is 185 g/mol. The molecule has 0 aliphatic heterocycles. The molecule has 0 atom stereocenters. The number of rotatable bonds is 2. The highest BCUT2D eigenvalue weighted by Gasteiger charge is 2.15. The Kier molecular flexibility index (Phi) is 2.57. The Labute approximate surface area is 73.8 Å². The molecule has 13 heavy (non-hydrogen) atoms. The summed E-state index contributed by atoms with van der Waals surface area (Å²) in [4.78, 5) is 9.49. The van der Waals surface area contributed by atoms with E-state index in [4.69, 9.17) is 5.11 Å². The third kappa shape index (κ3) is 1.81. The lowest BCUT2D eigenvalue weighted by molar-refractivity contribution is -0.387. The first-order valence-electron chi connectivity index (χ1n) is 3.60. The number of hydrogen-bond donors (Lipinski definition) is 1. The molecule has 0 aromatic heterocycles. The molecule has 0 saturated heterocycles. The van der Waals surface area contributed by atoms with E-state index in [1.807, 2.05) is 0 Å². The van der Waals surface area contributed by atoms with Crippen LogP contribution in [0.1, 0.15) is 11.1 Å². The molecule has 1 aromatic rings. The smallest absolute Gasteiger partial charge is 0.305 e. The summed E-state index contributed by atoms with van der Waals surface area (Å²) in [6.07, 6.45) is 0. The lowest BCUT2D eigenvalue weighted by Gasteiger charge is -2.02. The minimum Gasteiger partial charge on any atom is -0.392 e. The maximum absolute atomic E-state index is 12.9. The fraction of sp³-hybridized carbons (Fsp3) is 0.250. The lowest BCUT2D eigenvalue weighted by Crippen LogP contribution is -1.97. The number of nitro groups is 1. The second-order valence-corrected chi connectivity index (χ2v) is 2.65. The Balaban J connectivity index is 3.28. The van der Waals surface area contributed by atoms with E-state index >= 15 is 0 Å². The molecule has 0 fully saturated rings. The van der Waals surface area contributed by atoms with Crippen LogP contribution in [-0.4, -0.2) is 10.0 Å². The molecule has 0 aliphatic carbocycles. The maximum atomic E-state index is 12.9. The zero-order chi connectivity index (χ0) is 10.0. The first-order chi connectivity index (χ1) is 6.06. The average Bonchev–Trinajstić information content (AvgIpc) is 2.07. The zero-order valence-corrected chi connectivity index (χ0v) is 6.95. The van der Waals surface area contributed by atoms with Gasteiger partial charge in [-0.15, -0.1) is 0 Å². The topological polar surface area (TPSA) is 63.4 Å². The van der Waals surface area contributed by atoms with Gasteiger partial charge in [0.05, 0.1) is 11.5 Å². The predicted molar refractivity (Wildman–Crippen MR) is 43.7 cm³/mol. The molecule has 0 heterocycles. The summed E-state index contributed by atoms with van der Waals surface area (Å²) in [6.45, 7) is 1.26. The van der Waals surface area contributed by atoms with Crippen LogP contribution in [-0.2, 0) is 6.61 Å². The van der Waals surface area contributed by atoms with Gasteiger partial charge >= 0.3 is 5.69 Å². The molecule has 1 N–H and O–H groups in total. The molecular formula is C8H8FNO3. The third-order valence-electron chi connectivity index (χ3n) is 1.77. The highest BCUT2D eigenvalue weighted by Crippen LogP contribution is 2.21. The van der Waals surface area contributed by atoms with E-state index in [1.165, 1.54) is 0 Å². The SMILES string of the molecule is Cc1cc([N+](=O)[O-])c(F)cc1CO. The lowest BCUT2D eigenvalue weighted by atomic mass is 10.1. The summed E-state index contributed by atoms with van der Waals surface area (Å²) in [6, 6.07) is 2.09. The van der Waals surface area contributed by atoms with Crippen molar-refractivity contribution in [2.24, 2.45) is 0 Å². The van der Waals surface area contributed by atoms with Gasteiger partial charge in [0.2, 0.25) is 5.82 Å². The van der Waals surface area contributed by atoms with Crippen LogP contribution in [0.4, 0.5) is 10.1 Å². The van der Waals surface area contributed by atoms with Crippen LogP contribution in [0.5, 0.6) is 0 Å². The minimum atomic E-state index is -0.917. The van der Waals surface area contributed by atoms with Crippen molar-refractivity contribution in [1.82, 2.24) is 0 Å². The van der Waals surface area contributed by atoms with Crippen molar-refractivity contribution in [2.45, 2.75) is 13.5 Å². The van der Waals surface area contributed by atoms with Crippen LogP contribution >= 0.6 is 0 Å². The third-order valence-corrected chi connectivity index (χ3v) is 1.77. The number of aryl methyl sites for hydroxylation is 1. The minimum absolute atomic E-state index is 0.319. The number of hydrogen-bond acceptors (Lipinski definition) is 3. The Morgan fingerprint density at radius 2 is 2.23 bits per heavy atom. The van der Waals surface area contributed by atoms with Crippen LogP contribution in [0.2, 0.25) is 0 Å². The van der Waals surface area contributed by atoms with Crippen molar-refractivity contribution in [3.05, 3.63) is 39.2 Å². The molecule has 4 nitrogen and oxygen atoms in total. The maximum Gasteiger partial charge on any atom is 0.305 e. The van der Waals surface area contributed by atoms with Crippen LogP contribution in [0.15, 0.2) is 12.1 Å². The van der Waals surface area contributed by atoms with Gasteiger partial charge in [-0.25, -0.2) is 0 Å². The summed E-state index contributed by atoms with van der Waals surface area (Å²) in [5.74, 6) is -0.917. The number of nitrogens with zero attached hydrogens (tertiary/aromatic N) is 1. The summed E-state index contributed by atoms with van der Waals surface area (Å²) < 4.78 is 12.9. The molecule has 1 aromatic carbocycles. The molecular weight excluding hydrogens is 177 g/mol. The second kappa shape index (κ2) is 3.49. The molecule has 1 rings (SSSR count). The van der Waals surface area contributed by atoms with Crippen LogP contribution in [0, 0.1) is 22.9 Å². The molecule has 70 valence electrons. The summed E-state index contributed by atoms with van der Waals surface area (Å²) in [7, 11) is 0. The number of benzene rings is 1. The molecule has 0 bridgehead atoms. The highest BCUT2D eigenvalue weighted by molar-refractivity contribution is 5.40. The van der Waals surface area contributed by atoms with Crippen LogP contribution < -0.4 is 0 Å².